The maximum absolute atomic E-state index is 6.90. The normalized spacial score (nSPS) is 26.6. The third-order valence-electron chi connectivity index (χ3n) is 7.15. The highest BCUT2D eigenvalue weighted by Crippen LogP contribution is 2.45. The van der Waals surface area contributed by atoms with Crippen molar-refractivity contribution < 1.29 is 13.9 Å². The Labute approximate surface area is 172 Å². The highest BCUT2D eigenvalue weighted by atomic mass is 28.4. The van der Waals surface area contributed by atoms with Crippen LogP contribution in [0.25, 0.3) is 0 Å². The lowest BCUT2D eigenvalue weighted by Gasteiger charge is -2.50. The minimum absolute atomic E-state index is 0.246. The van der Waals surface area contributed by atoms with E-state index in [2.05, 4.69) is 50.9 Å². The molecule has 0 saturated carbocycles. The van der Waals surface area contributed by atoms with Gasteiger partial charge in [0, 0.05) is 18.2 Å². The predicted molar refractivity (Wildman–Crippen MR) is 118 cm³/mol. The number of fused-ring (bicyclic) bond motifs is 1. The Balaban J connectivity index is 1.87. The van der Waals surface area contributed by atoms with E-state index in [-0.39, 0.29) is 5.04 Å². The Morgan fingerprint density at radius 3 is 2.36 bits per heavy atom. The summed E-state index contributed by atoms with van der Waals surface area (Å²) >= 11 is 0. The van der Waals surface area contributed by atoms with Crippen LogP contribution in [-0.2, 0) is 4.43 Å². The number of benzene rings is 1. The van der Waals surface area contributed by atoms with Crippen LogP contribution in [0.4, 0.5) is 0 Å². The van der Waals surface area contributed by atoms with Gasteiger partial charge in [-0.15, -0.1) is 0 Å². The lowest BCUT2D eigenvalue weighted by atomic mass is 9.84. The van der Waals surface area contributed by atoms with Crippen molar-refractivity contribution in [2.45, 2.75) is 89.2 Å². The molecule has 0 amide bonds. The first-order chi connectivity index (χ1) is 13.2. The quantitative estimate of drug-likeness (QED) is 0.581. The van der Waals surface area contributed by atoms with Gasteiger partial charge in [-0.25, -0.2) is 0 Å². The second-order valence-corrected chi connectivity index (χ2v) is 14.7. The van der Waals surface area contributed by atoms with Gasteiger partial charge in [0.05, 0.1) is 14.2 Å². The molecule has 2 heterocycles. The topological polar surface area (TPSA) is 30.9 Å². The predicted octanol–water partition coefficient (Wildman–Crippen LogP) is 5.78. The van der Waals surface area contributed by atoms with E-state index >= 15 is 0 Å². The van der Waals surface area contributed by atoms with Gasteiger partial charge in [-0.05, 0) is 68.1 Å². The molecule has 0 aliphatic carbocycles. The first kappa shape index (κ1) is 21.7. The maximum Gasteiger partial charge on any atom is 0.192 e. The first-order valence-corrected chi connectivity index (χ1v) is 13.7. The summed E-state index contributed by atoms with van der Waals surface area (Å²) in [6.45, 7) is 13.0. The van der Waals surface area contributed by atoms with Gasteiger partial charge in [-0.3, -0.25) is 4.90 Å². The van der Waals surface area contributed by atoms with Crippen molar-refractivity contribution in [1.29, 1.82) is 0 Å². The van der Waals surface area contributed by atoms with Gasteiger partial charge in [0.1, 0.15) is 0 Å². The lowest BCUT2D eigenvalue weighted by molar-refractivity contribution is -0.0129. The van der Waals surface area contributed by atoms with E-state index in [1.807, 2.05) is 6.07 Å². The van der Waals surface area contributed by atoms with Crippen LogP contribution in [0, 0.1) is 0 Å². The Morgan fingerprint density at radius 2 is 1.71 bits per heavy atom. The molecule has 1 aromatic rings. The summed E-state index contributed by atoms with van der Waals surface area (Å²) in [4.78, 5) is 2.73. The molecule has 4 nitrogen and oxygen atoms in total. The van der Waals surface area contributed by atoms with E-state index in [4.69, 9.17) is 13.9 Å². The molecule has 0 N–H and O–H groups in total. The van der Waals surface area contributed by atoms with Crippen molar-refractivity contribution in [1.82, 2.24) is 4.90 Å². The third-order valence-corrected chi connectivity index (χ3v) is 11.7. The Bertz CT molecular complexity index is 670. The molecule has 3 rings (SSSR count). The zero-order chi connectivity index (χ0) is 20.5. The van der Waals surface area contributed by atoms with Crippen molar-refractivity contribution in [2.24, 2.45) is 0 Å². The van der Waals surface area contributed by atoms with Crippen molar-refractivity contribution in [3.05, 3.63) is 23.8 Å². The fraction of sp³-hybridized carbons (Fsp3) is 0.739. The molecule has 0 spiro atoms. The van der Waals surface area contributed by atoms with Crippen molar-refractivity contribution in [3.63, 3.8) is 0 Å². The fourth-order valence-corrected chi connectivity index (χ4v) is 5.93. The van der Waals surface area contributed by atoms with Crippen LogP contribution in [0.15, 0.2) is 18.2 Å². The highest BCUT2D eigenvalue weighted by Gasteiger charge is 2.44. The summed E-state index contributed by atoms with van der Waals surface area (Å²) in [5, 5.41) is 0.246. The summed E-state index contributed by atoms with van der Waals surface area (Å²) in [6, 6.07) is 7.46. The number of methoxy groups -OCH3 is 2. The van der Waals surface area contributed by atoms with E-state index < -0.39 is 8.32 Å². The molecule has 2 saturated heterocycles. The van der Waals surface area contributed by atoms with Gasteiger partial charge >= 0.3 is 0 Å². The van der Waals surface area contributed by atoms with Crippen LogP contribution in [0.1, 0.15) is 64.5 Å². The minimum atomic E-state index is -1.78. The average molecular weight is 406 g/mol. The molecule has 2 aliphatic heterocycles. The lowest BCUT2D eigenvalue weighted by Crippen LogP contribution is -2.52. The van der Waals surface area contributed by atoms with Gasteiger partial charge in [0.15, 0.2) is 19.8 Å². The molecule has 0 bridgehead atoms. The number of piperidine rings is 2. The number of ether oxygens (including phenoxy) is 2. The minimum Gasteiger partial charge on any atom is -0.493 e. The molecular formula is C23H39NO3Si. The second-order valence-electron chi connectivity index (χ2n) is 9.99. The summed E-state index contributed by atoms with van der Waals surface area (Å²) in [5.74, 6) is 1.62. The number of nitrogens with zero attached hydrogens (tertiary/aromatic N) is 1. The zero-order valence-corrected chi connectivity index (χ0v) is 19.9. The molecule has 0 radical (unpaired) electrons. The smallest absolute Gasteiger partial charge is 0.192 e. The highest BCUT2D eigenvalue weighted by molar-refractivity contribution is 6.74. The van der Waals surface area contributed by atoms with Crippen LogP contribution in [0.3, 0.4) is 0 Å². The van der Waals surface area contributed by atoms with E-state index in [1.54, 1.807) is 14.2 Å². The molecule has 2 fully saturated rings. The Morgan fingerprint density at radius 1 is 1.00 bits per heavy atom. The van der Waals surface area contributed by atoms with Crippen LogP contribution in [0.2, 0.25) is 18.1 Å². The van der Waals surface area contributed by atoms with Crippen molar-refractivity contribution in [2.75, 3.05) is 20.8 Å². The number of hydrogen-bond donors (Lipinski definition) is 0. The molecule has 0 aromatic heterocycles. The van der Waals surface area contributed by atoms with Crippen LogP contribution in [0.5, 0.6) is 11.5 Å². The Hall–Kier alpha value is -1.04. The van der Waals surface area contributed by atoms with Gasteiger partial charge in [-0.1, -0.05) is 33.3 Å². The molecule has 3 atom stereocenters. The van der Waals surface area contributed by atoms with Crippen molar-refractivity contribution >= 4 is 8.32 Å². The van der Waals surface area contributed by atoms with Gasteiger partial charge in [0.25, 0.3) is 0 Å². The molecular weight excluding hydrogens is 366 g/mol. The monoisotopic (exact) mass is 405 g/mol. The molecule has 0 unspecified atom stereocenters. The second kappa shape index (κ2) is 8.37. The average Bonchev–Trinajstić information content (AvgIpc) is 2.65. The molecule has 28 heavy (non-hydrogen) atoms. The van der Waals surface area contributed by atoms with E-state index in [0.717, 1.165) is 17.9 Å². The van der Waals surface area contributed by atoms with E-state index in [1.165, 1.54) is 37.8 Å². The van der Waals surface area contributed by atoms with Crippen LogP contribution in [-0.4, -0.2) is 46.1 Å². The third kappa shape index (κ3) is 4.42. The largest absolute Gasteiger partial charge is 0.493 e. The molecule has 2 aliphatic rings. The standard InChI is InChI=1S/C23H39NO3Si/c1-23(2,3)28(6,7)27-19-15-18-10-8-9-13-24(18)20(16-19)17-11-12-21(25-4)22(14-17)26-5/h11-12,14,18-20H,8-10,13,15-16H2,1-7H3/t18-,19+,20-/m0/s1. The summed E-state index contributed by atoms with van der Waals surface area (Å²) in [5.41, 5.74) is 1.33. The SMILES string of the molecule is COc1ccc([C@@H]2C[C@H](O[Si](C)(C)C(C)(C)C)C[C@@H]3CCCCN32)cc1OC. The van der Waals surface area contributed by atoms with Crippen molar-refractivity contribution in [3.8, 4) is 11.5 Å². The van der Waals surface area contributed by atoms with E-state index in [9.17, 15) is 0 Å². The number of rotatable bonds is 5. The fourth-order valence-electron chi connectivity index (χ4n) is 4.55. The van der Waals surface area contributed by atoms with Crippen LogP contribution >= 0.6 is 0 Å². The molecule has 158 valence electrons. The molecule has 5 heteroatoms. The van der Waals surface area contributed by atoms with Gasteiger partial charge in [0.2, 0.25) is 0 Å². The van der Waals surface area contributed by atoms with Gasteiger partial charge in [-0.2, -0.15) is 0 Å². The first-order valence-electron chi connectivity index (χ1n) is 10.8. The van der Waals surface area contributed by atoms with Crippen LogP contribution < -0.4 is 9.47 Å². The summed E-state index contributed by atoms with van der Waals surface area (Å²) in [7, 11) is 1.64. The van der Waals surface area contributed by atoms with E-state index in [0.29, 0.717) is 18.2 Å². The molecule has 1 aromatic carbocycles. The van der Waals surface area contributed by atoms with Gasteiger partial charge < -0.3 is 13.9 Å². The summed E-state index contributed by atoms with van der Waals surface area (Å²) in [6.07, 6.45) is 6.52. The Kier molecular flexibility index (Phi) is 6.47. The maximum atomic E-state index is 6.90. The number of hydrogen-bond acceptors (Lipinski definition) is 4. The zero-order valence-electron chi connectivity index (χ0n) is 18.9. The summed E-state index contributed by atoms with van der Waals surface area (Å²) < 4.78 is 17.9.